The molecule has 6 nitrogen and oxygen atoms in total. The summed E-state index contributed by atoms with van der Waals surface area (Å²) in [5, 5.41) is 0. The number of ether oxygens (including phenoxy) is 1. The Morgan fingerprint density at radius 2 is 1.59 bits per heavy atom. The van der Waals surface area contributed by atoms with Crippen LogP contribution in [0.3, 0.4) is 0 Å². The lowest BCUT2D eigenvalue weighted by Crippen LogP contribution is -2.15. The minimum atomic E-state index is -3.54. The number of carbonyl (C=O) groups excluding carboxylic acids is 1. The van der Waals surface area contributed by atoms with Crippen molar-refractivity contribution in [2.75, 3.05) is 13.2 Å². The summed E-state index contributed by atoms with van der Waals surface area (Å²) in [6, 6.07) is 6.84. The van der Waals surface area contributed by atoms with Gasteiger partial charge in [-0.2, -0.15) is 0 Å². The van der Waals surface area contributed by atoms with Gasteiger partial charge in [0.1, 0.15) is 0 Å². The molecule has 154 valence electrons. The molecule has 0 aliphatic carbocycles. The summed E-state index contributed by atoms with van der Waals surface area (Å²) in [5.41, 5.74) is 1.25. The van der Waals surface area contributed by atoms with Crippen molar-refractivity contribution in [2.24, 2.45) is 0 Å². The maximum atomic E-state index is 12.3. The smallest absolute Gasteiger partial charge is 0.459 e. The van der Waals surface area contributed by atoms with Gasteiger partial charge in [0, 0.05) is 0 Å². The standard InChI is InChI=1S/C20H33O6P/c1-5-8-9-10-11-17(4)26-20(21)19-14-12-18(13-15-19)16-25-27(22,23-6-2)24-7-3/h12-15,17H,5-11,16H2,1-4H3/t17-/m1/s1. The van der Waals surface area contributed by atoms with Crippen LogP contribution in [0.2, 0.25) is 0 Å². The Morgan fingerprint density at radius 3 is 2.15 bits per heavy atom. The van der Waals surface area contributed by atoms with Gasteiger partial charge in [0.05, 0.1) is 31.5 Å². The fraction of sp³-hybridized carbons (Fsp3) is 0.650. The Labute approximate surface area is 163 Å². The summed E-state index contributed by atoms with van der Waals surface area (Å²) in [6.07, 6.45) is 5.42. The predicted molar refractivity (Wildman–Crippen MR) is 106 cm³/mol. The van der Waals surface area contributed by atoms with E-state index >= 15 is 0 Å². The van der Waals surface area contributed by atoms with E-state index in [9.17, 15) is 9.36 Å². The van der Waals surface area contributed by atoms with Gasteiger partial charge in [0.15, 0.2) is 0 Å². The van der Waals surface area contributed by atoms with Crippen LogP contribution in [0.4, 0.5) is 0 Å². The Kier molecular flexibility index (Phi) is 11.5. The molecule has 0 fully saturated rings. The van der Waals surface area contributed by atoms with Crippen molar-refractivity contribution in [2.45, 2.75) is 72.5 Å². The minimum Gasteiger partial charge on any atom is -0.459 e. The molecule has 1 aromatic rings. The number of phosphoric ester groups is 1. The number of unbranched alkanes of at least 4 members (excludes halogenated alkanes) is 3. The van der Waals surface area contributed by atoms with Gasteiger partial charge in [0.2, 0.25) is 0 Å². The van der Waals surface area contributed by atoms with Gasteiger partial charge >= 0.3 is 13.8 Å². The summed E-state index contributed by atoms with van der Waals surface area (Å²) in [6.45, 7) is 8.08. The van der Waals surface area contributed by atoms with Crippen molar-refractivity contribution in [3.05, 3.63) is 35.4 Å². The lowest BCUT2D eigenvalue weighted by Gasteiger charge is -2.16. The third-order valence-electron chi connectivity index (χ3n) is 3.93. The second-order valence-electron chi connectivity index (χ2n) is 6.32. The highest BCUT2D eigenvalue weighted by Crippen LogP contribution is 2.49. The van der Waals surface area contributed by atoms with E-state index in [-0.39, 0.29) is 31.9 Å². The molecule has 1 atom stereocenters. The molecule has 0 bridgehead atoms. The second kappa shape index (κ2) is 13.1. The molecule has 0 aromatic heterocycles. The number of phosphoric acid groups is 1. The maximum absolute atomic E-state index is 12.3. The van der Waals surface area contributed by atoms with Crippen LogP contribution in [-0.2, 0) is 29.5 Å². The summed E-state index contributed by atoms with van der Waals surface area (Å²) in [5.74, 6) is -0.334. The number of esters is 1. The third-order valence-corrected chi connectivity index (χ3v) is 5.52. The highest BCUT2D eigenvalue weighted by atomic mass is 31.2. The van der Waals surface area contributed by atoms with Crippen molar-refractivity contribution in [1.82, 2.24) is 0 Å². The molecule has 0 heterocycles. The molecule has 0 saturated heterocycles. The molecule has 27 heavy (non-hydrogen) atoms. The van der Waals surface area contributed by atoms with Gasteiger partial charge in [-0.3, -0.25) is 13.6 Å². The minimum absolute atomic E-state index is 0.0699. The maximum Gasteiger partial charge on any atom is 0.475 e. The molecule has 0 N–H and O–H groups in total. The van der Waals surface area contributed by atoms with Gasteiger partial charge < -0.3 is 4.74 Å². The molecular weight excluding hydrogens is 367 g/mol. The van der Waals surface area contributed by atoms with Crippen LogP contribution in [0.25, 0.3) is 0 Å². The van der Waals surface area contributed by atoms with Gasteiger partial charge in [-0.15, -0.1) is 0 Å². The molecule has 1 rings (SSSR count). The van der Waals surface area contributed by atoms with Crippen LogP contribution in [0.5, 0.6) is 0 Å². The third kappa shape index (κ3) is 9.52. The van der Waals surface area contributed by atoms with Crippen LogP contribution < -0.4 is 0 Å². The molecule has 0 radical (unpaired) electrons. The molecule has 0 aliphatic heterocycles. The number of benzene rings is 1. The summed E-state index contributed by atoms with van der Waals surface area (Å²) < 4.78 is 33.2. The predicted octanol–water partition coefficient (Wildman–Crippen LogP) is 5.90. The molecule has 0 saturated carbocycles. The van der Waals surface area contributed by atoms with E-state index < -0.39 is 7.82 Å². The van der Waals surface area contributed by atoms with Gasteiger partial charge in [-0.1, -0.05) is 38.3 Å². The number of rotatable bonds is 14. The summed E-state index contributed by atoms with van der Waals surface area (Å²) in [4.78, 5) is 12.2. The zero-order chi connectivity index (χ0) is 20.1. The SMILES string of the molecule is CCCCCC[C@@H](C)OC(=O)c1ccc(COP(=O)(OCC)OCC)cc1. The van der Waals surface area contributed by atoms with Crippen LogP contribution in [0, 0.1) is 0 Å². The zero-order valence-corrected chi connectivity index (χ0v) is 17.8. The molecule has 0 aliphatic rings. The zero-order valence-electron chi connectivity index (χ0n) is 16.9. The lowest BCUT2D eigenvalue weighted by molar-refractivity contribution is 0.0319. The Hall–Kier alpha value is -1.20. The average Bonchev–Trinajstić information content (AvgIpc) is 2.64. The average molecular weight is 400 g/mol. The van der Waals surface area contributed by atoms with Gasteiger partial charge in [-0.05, 0) is 51.3 Å². The van der Waals surface area contributed by atoms with Crippen molar-refractivity contribution >= 4 is 13.8 Å². The van der Waals surface area contributed by atoms with Crippen molar-refractivity contribution in [3.63, 3.8) is 0 Å². The number of hydrogen-bond acceptors (Lipinski definition) is 6. The van der Waals surface area contributed by atoms with Crippen molar-refractivity contribution in [1.29, 1.82) is 0 Å². The lowest BCUT2D eigenvalue weighted by atomic mass is 10.1. The second-order valence-corrected chi connectivity index (χ2v) is 7.99. The van der Waals surface area contributed by atoms with E-state index in [1.165, 1.54) is 19.3 Å². The Bertz CT molecular complexity index is 577. The van der Waals surface area contributed by atoms with E-state index in [0.29, 0.717) is 5.56 Å². The normalized spacial score (nSPS) is 12.7. The van der Waals surface area contributed by atoms with Crippen molar-refractivity contribution in [3.8, 4) is 0 Å². The molecule has 0 spiro atoms. The summed E-state index contributed by atoms with van der Waals surface area (Å²) >= 11 is 0. The van der Waals surface area contributed by atoms with E-state index in [1.807, 2.05) is 6.92 Å². The molecule has 7 heteroatoms. The first-order valence-electron chi connectivity index (χ1n) is 9.77. The fourth-order valence-electron chi connectivity index (χ4n) is 2.49. The number of carbonyl (C=O) groups is 1. The Balaban J connectivity index is 2.50. The highest BCUT2D eigenvalue weighted by Gasteiger charge is 2.25. The van der Waals surface area contributed by atoms with Gasteiger partial charge in [0.25, 0.3) is 0 Å². The highest BCUT2D eigenvalue weighted by molar-refractivity contribution is 7.48. The first-order chi connectivity index (χ1) is 12.9. The van der Waals surface area contributed by atoms with Crippen LogP contribution in [0.1, 0.15) is 75.7 Å². The topological polar surface area (TPSA) is 71.1 Å². The van der Waals surface area contributed by atoms with Crippen LogP contribution in [-0.4, -0.2) is 25.3 Å². The largest absolute Gasteiger partial charge is 0.475 e. The first kappa shape index (κ1) is 23.8. The van der Waals surface area contributed by atoms with Crippen molar-refractivity contribution < 1.29 is 27.7 Å². The summed E-state index contributed by atoms with van der Waals surface area (Å²) in [7, 11) is -3.54. The van der Waals surface area contributed by atoms with E-state index in [4.69, 9.17) is 18.3 Å². The van der Waals surface area contributed by atoms with E-state index in [0.717, 1.165) is 18.4 Å². The quantitative estimate of drug-likeness (QED) is 0.220. The Morgan fingerprint density at radius 1 is 0.963 bits per heavy atom. The first-order valence-corrected chi connectivity index (χ1v) is 11.2. The van der Waals surface area contributed by atoms with Gasteiger partial charge in [-0.25, -0.2) is 9.36 Å². The molecule has 0 unspecified atom stereocenters. The monoisotopic (exact) mass is 400 g/mol. The number of hydrogen-bond donors (Lipinski definition) is 0. The van der Waals surface area contributed by atoms with E-state index in [2.05, 4.69) is 6.92 Å². The molecule has 1 aromatic carbocycles. The van der Waals surface area contributed by atoms with E-state index in [1.54, 1.807) is 38.1 Å². The molecular formula is C20H33O6P. The fourth-order valence-corrected chi connectivity index (χ4v) is 3.65. The van der Waals surface area contributed by atoms with Crippen LogP contribution in [0.15, 0.2) is 24.3 Å². The van der Waals surface area contributed by atoms with Crippen LogP contribution >= 0.6 is 7.82 Å². The molecule has 0 amide bonds.